The molecule has 0 bridgehead atoms. The van der Waals surface area contributed by atoms with Gasteiger partial charge in [-0.15, -0.1) is 0 Å². The molecule has 0 heterocycles. The third kappa shape index (κ3) is 5.45. The minimum absolute atomic E-state index is 0.194. The number of amides is 2. The van der Waals surface area contributed by atoms with Gasteiger partial charge in [-0.25, -0.2) is 0 Å². The normalized spacial score (nSPS) is 11.3. The zero-order valence-electron chi connectivity index (χ0n) is 15.6. The average Bonchev–Trinajstić information content (AvgIpc) is 2.73. The third-order valence-electron chi connectivity index (χ3n) is 4.11. The van der Waals surface area contributed by atoms with Crippen LogP contribution in [0.4, 0.5) is 5.69 Å². The van der Waals surface area contributed by atoms with E-state index in [0.29, 0.717) is 17.9 Å². The molecule has 0 aliphatic rings. The van der Waals surface area contributed by atoms with E-state index >= 15 is 0 Å². The fourth-order valence-electron chi connectivity index (χ4n) is 2.64. The molecule has 0 aromatic heterocycles. The van der Waals surface area contributed by atoms with Gasteiger partial charge in [0.15, 0.2) is 6.10 Å². The Hall–Kier alpha value is -3.60. The summed E-state index contributed by atoms with van der Waals surface area (Å²) in [4.78, 5) is 24.7. The highest BCUT2D eigenvalue weighted by atomic mass is 16.5. The van der Waals surface area contributed by atoms with Crippen LogP contribution in [-0.4, -0.2) is 17.9 Å². The fourth-order valence-corrected chi connectivity index (χ4v) is 2.64. The molecule has 2 N–H and O–H groups in total. The van der Waals surface area contributed by atoms with E-state index in [4.69, 9.17) is 4.74 Å². The predicted octanol–water partition coefficient (Wildman–Crippen LogP) is 4.02. The van der Waals surface area contributed by atoms with Gasteiger partial charge < -0.3 is 15.4 Å². The summed E-state index contributed by atoms with van der Waals surface area (Å²) in [7, 11) is 0. The van der Waals surface area contributed by atoms with Crippen molar-refractivity contribution in [3.05, 3.63) is 96.1 Å². The van der Waals surface area contributed by atoms with Gasteiger partial charge in [0, 0.05) is 17.8 Å². The molecule has 0 fully saturated rings. The molecule has 142 valence electrons. The lowest BCUT2D eigenvalue weighted by Crippen LogP contribution is -2.35. The molecule has 28 heavy (non-hydrogen) atoms. The molecule has 0 saturated carbocycles. The molecule has 3 aromatic carbocycles. The Morgan fingerprint density at radius 2 is 1.57 bits per heavy atom. The van der Waals surface area contributed by atoms with Gasteiger partial charge in [-0.1, -0.05) is 48.5 Å². The summed E-state index contributed by atoms with van der Waals surface area (Å²) >= 11 is 0. The number of rotatable bonds is 7. The Labute approximate surface area is 164 Å². The van der Waals surface area contributed by atoms with E-state index in [2.05, 4.69) is 10.6 Å². The van der Waals surface area contributed by atoms with Gasteiger partial charge in [0.05, 0.1) is 0 Å². The van der Waals surface area contributed by atoms with Crippen LogP contribution in [0.3, 0.4) is 0 Å². The Morgan fingerprint density at radius 1 is 0.893 bits per heavy atom. The van der Waals surface area contributed by atoms with Gasteiger partial charge >= 0.3 is 0 Å². The number of carbonyl (C=O) groups is 2. The highest BCUT2D eigenvalue weighted by molar-refractivity contribution is 6.04. The van der Waals surface area contributed by atoms with Crippen LogP contribution in [0.2, 0.25) is 0 Å². The molecular formula is C23H22N2O3. The van der Waals surface area contributed by atoms with E-state index in [1.54, 1.807) is 37.3 Å². The molecule has 5 nitrogen and oxygen atoms in total. The van der Waals surface area contributed by atoms with Crippen LogP contribution < -0.4 is 15.4 Å². The standard InChI is InChI=1S/C23H22N2O3/c1-17(28-21-13-6-3-7-14-21)22(26)24-16-18-9-8-10-19(15-18)23(27)25-20-11-4-2-5-12-20/h2-15,17H,16H2,1H3,(H,24,26)(H,25,27)/t17-/m1/s1. The van der Waals surface area contributed by atoms with Gasteiger partial charge in [-0.2, -0.15) is 0 Å². The van der Waals surface area contributed by atoms with Crippen LogP contribution in [0, 0.1) is 0 Å². The van der Waals surface area contributed by atoms with Crippen molar-refractivity contribution in [2.45, 2.75) is 19.6 Å². The number of anilines is 1. The van der Waals surface area contributed by atoms with Crippen LogP contribution >= 0.6 is 0 Å². The fraction of sp³-hybridized carbons (Fsp3) is 0.130. The smallest absolute Gasteiger partial charge is 0.261 e. The molecule has 0 spiro atoms. The molecule has 2 amide bonds. The molecule has 3 aromatic rings. The van der Waals surface area contributed by atoms with E-state index in [1.807, 2.05) is 54.6 Å². The molecule has 5 heteroatoms. The summed E-state index contributed by atoms with van der Waals surface area (Å²) < 4.78 is 5.62. The largest absolute Gasteiger partial charge is 0.481 e. The molecule has 0 unspecified atom stereocenters. The molecule has 0 saturated heterocycles. The first-order valence-corrected chi connectivity index (χ1v) is 9.06. The number of ether oxygens (including phenoxy) is 1. The number of benzene rings is 3. The topological polar surface area (TPSA) is 67.4 Å². The molecule has 0 aliphatic heterocycles. The number of para-hydroxylation sites is 2. The van der Waals surface area contributed by atoms with Gasteiger partial charge in [0.2, 0.25) is 0 Å². The quantitative estimate of drug-likeness (QED) is 0.656. The first-order chi connectivity index (χ1) is 13.6. The summed E-state index contributed by atoms with van der Waals surface area (Å²) in [5.74, 6) is 0.230. The maximum absolute atomic E-state index is 12.4. The van der Waals surface area contributed by atoms with Crippen molar-refractivity contribution < 1.29 is 14.3 Å². The third-order valence-corrected chi connectivity index (χ3v) is 4.11. The Bertz CT molecular complexity index is 927. The number of nitrogens with one attached hydrogen (secondary N) is 2. The van der Waals surface area contributed by atoms with Crippen molar-refractivity contribution in [3.8, 4) is 5.75 Å². The van der Waals surface area contributed by atoms with E-state index in [9.17, 15) is 9.59 Å². The molecule has 3 rings (SSSR count). The van der Waals surface area contributed by atoms with Crippen LogP contribution in [0.5, 0.6) is 5.75 Å². The zero-order chi connectivity index (χ0) is 19.8. The van der Waals surface area contributed by atoms with Crippen LogP contribution in [0.15, 0.2) is 84.9 Å². The van der Waals surface area contributed by atoms with Crippen LogP contribution in [-0.2, 0) is 11.3 Å². The van der Waals surface area contributed by atoms with Crippen molar-refractivity contribution in [2.24, 2.45) is 0 Å². The van der Waals surface area contributed by atoms with Gasteiger partial charge in [-0.05, 0) is 48.9 Å². The molecule has 0 radical (unpaired) electrons. The number of carbonyl (C=O) groups excluding carboxylic acids is 2. The van der Waals surface area contributed by atoms with E-state index in [0.717, 1.165) is 11.3 Å². The minimum atomic E-state index is -0.619. The molecule has 1 atom stereocenters. The summed E-state index contributed by atoms with van der Waals surface area (Å²) in [6.45, 7) is 2.01. The second-order valence-corrected chi connectivity index (χ2v) is 6.31. The highest BCUT2D eigenvalue weighted by Crippen LogP contribution is 2.12. The van der Waals surface area contributed by atoms with E-state index in [1.165, 1.54) is 0 Å². The average molecular weight is 374 g/mol. The summed E-state index contributed by atoms with van der Waals surface area (Å²) in [5, 5.41) is 5.69. The second-order valence-electron chi connectivity index (χ2n) is 6.31. The van der Waals surface area contributed by atoms with Gasteiger partial charge in [0.1, 0.15) is 5.75 Å². The lowest BCUT2D eigenvalue weighted by molar-refractivity contribution is -0.127. The maximum atomic E-state index is 12.4. The minimum Gasteiger partial charge on any atom is -0.481 e. The first kappa shape index (κ1) is 19.2. The van der Waals surface area contributed by atoms with E-state index < -0.39 is 6.10 Å². The Kier molecular flexibility index (Phi) is 6.41. The first-order valence-electron chi connectivity index (χ1n) is 9.06. The highest BCUT2D eigenvalue weighted by Gasteiger charge is 2.14. The number of hydrogen-bond acceptors (Lipinski definition) is 3. The SMILES string of the molecule is C[C@@H](Oc1ccccc1)C(=O)NCc1cccc(C(=O)Nc2ccccc2)c1. The lowest BCUT2D eigenvalue weighted by atomic mass is 10.1. The summed E-state index contributed by atoms with van der Waals surface area (Å²) in [5.41, 5.74) is 2.10. The predicted molar refractivity (Wildman–Crippen MR) is 109 cm³/mol. The maximum Gasteiger partial charge on any atom is 0.261 e. The Morgan fingerprint density at radius 3 is 2.29 bits per heavy atom. The molecular weight excluding hydrogens is 352 g/mol. The molecule has 0 aliphatic carbocycles. The van der Waals surface area contributed by atoms with E-state index in [-0.39, 0.29) is 11.8 Å². The van der Waals surface area contributed by atoms with Crippen molar-refractivity contribution >= 4 is 17.5 Å². The van der Waals surface area contributed by atoms with Gasteiger partial charge in [-0.3, -0.25) is 9.59 Å². The summed E-state index contributed by atoms with van der Waals surface area (Å²) in [6, 6.07) is 25.6. The lowest BCUT2D eigenvalue weighted by Gasteiger charge is -2.15. The monoisotopic (exact) mass is 374 g/mol. The van der Waals surface area contributed by atoms with Gasteiger partial charge in [0.25, 0.3) is 11.8 Å². The van der Waals surface area contributed by atoms with Crippen molar-refractivity contribution in [2.75, 3.05) is 5.32 Å². The van der Waals surface area contributed by atoms with Crippen molar-refractivity contribution in [3.63, 3.8) is 0 Å². The summed E-state index contributed by atoms with van der Waals surface area (Å²) in [6.07, 6.45) is -0.619. The second kappa shape index (κ2) is 9.37. The van der Waals surface area contributed by atoms with Crippen molar-refractivity contribution in [1.82, 2.24) is 5.32 Å². The van der Waals surface area contributed by atoms with Crippen LogP contribution in [0.1, 0.15) is 22.8 Å². The zero-order valence-corrected chi connectivity index (χ0v) is 15.6. The van der Waals surface area contributed by atoms with Crippen molar-refractivity contribution in [1.29, 1.82) is 0 Å². The Balaban J connectivity index is 1.55. The van der Waals surface area contributed by atoms with Crippen LogP contribution in [0.25, 0.3) is 0 Å². The number of hydrogen-bond donors (Lipinski definition) is 2.